The normalized spacial score (nSPS) is 10.0. The number of anilines is 2. The largest absolute Gasteiger partial charge is 0.496 e. The highest BCUT2D eigenvalue weighted by molar-refractivity contribution is 5.95. The number of nitrogens with zero attached hydrogens (tertiary/aromatic N) is 3. The maximum atomic E-state index is 5.89. The van der Waals surface area contributed by atoms with Crippen LogP contribution >= 0.6 is 0 Å². The first-order valence-electron chi connectivity index (χ1n) is 6.50. The average Bonchev–Trinajstić information content (AvgIpc) is 2.52. The second-order valence-electron chi connectivity index (χ2n) is 4.53. The van der Waals surface area contributed by atoms with Gasteiger partial charge in [0.25, 0.3) is 0 Å². The Kier molecular flexibility index (Phi) is 3.46. The van der Waals surface area contributed by atoms with Crippen molar-refractivity contribution in [3.63, 3.8) is 0 Å². The van der Waals surface area contributed by atoms with E-state index in [4.69, 9.17) is 16.2 Å². The summed E-state index contributed by atoms with van der Waals surface area (Å²) in [5, 5.41) is 0.631. The first kappa shape index (κ1) is 13.6. The fraction of sp³-hybridized carbons (Fsp3) is 0.0625. The Hall–Kier alpha value is -3.33. The summed E-state index contributed by atoms with van der Waals surface area (Å²) in [7, 11) is 1.56. The highest BCUT2D eigenvalue weighted by Gasteiger charge is 2.10. The number of rotatable bonds is 1. The highest BCUT2D eigenvalue weighted by Crippen LogP contribution is 2.30. The van der Waals surface area contributed by atoms with E-state index in [1.165, 1.54) is 0 Å². The Bertz CT molecular complexity index is 897. The fourth-order valence-electron chi connectivity index (χ4n) is 2.09. The van der Waals surface area contributed by atoms with Crippen LogP contribution in [0.4, 0.5) is 11.8 Å². The molecule has 2 heterocycles. The Balaban J connectivity index is 2.14. The van der Waals surface area contributed by atoms with E-state index >= 15 is 0 Å². The molecule has 6 heteroatoms. The van der Waals surface area contributed by atoms with E-state index in [1.54, 1.807) is 31.6 Å². The van der Waals surface area contributed by atoms with Crippen molar-refractivity contribution in [3.8, 4) is 17.6 Å². The van der Waals surface area contributed by atoms with Crippen LogP contribution in [0, 0.1) is 11.8 Å². The van der Waals surface area contributed by atoms with Crippen LogP contribution in [-0.2, 0) is 0 Å². The molecule has 3 aromatic rings. The van der Waals surface area contributed by atoms with Gasteiger partial charge in [-0.3, -0.25) is 4.98 Å². The van der Waals surface area contributed by atoms with Gasteiger partial charge in [0.2, 0.25) is 5.95 Å². The summed E-state index contributed by atoms with van der Waals surface area (Å²) in [5.74, 6) is 7.09. The number of benzene rings is 1. The van der Waals surface area contributed by atoms with Gasteiger partial charge < -0.3 is 16.2 Å². The quantitative estimate of drug-likeness (QED) is 0.660. The standard InChI is InChI=1S/C16H13N5O/c1-22-13-9-11(3-2-10-4-6-19-7-5-10)8-12-14(13)15(17)21-16(18)20-12/h4-9H,1H3,(H4,17,18,20,21). The average molecular weight is 291 g/mol. The van der Waals surface area contributed by atoms with Gasteiger partial charge in [-0.25, -0.2) is 4.98 Å². The topological polar surface area (TPSA) is 99.9 Å². The molecule has 0 saturated heterocycles. The molecule has 0 aliphatic carbocycles. The van der Waals surface area contributed by atoms with Crippen molar-refractivity contribution in [1.82, 2.24) is 15.0 Å². The minimum atomic E-state index is 0.117. The molecule has 0 saturated carbocycles. The van der Waals surface area contributed by atoms with Gasteiger partial charge in [-0.05, 0) is 24.3 Å². The zero-order valence-corrected chi connectivity index (χ0v) is 11.9. The number of nitrogens with two attached hydrogens (primary N) is 2. The summed E-state index contributed by atoms with van der Waals surface area (Å²) < 4.78 is 5.36. The molecule has 0 radical (unpaired) electrons. The lowest BCUT2D eigenvalue weighted by Crippen LogP contribution is -2.02. The number of hydrogen-bond donors (Lipinski definition) is 2. The van der Waals surface area contributed by atoms with E-state index in [9.17, 15) is 0 Å². The number of hydrogen-bond acceptors (Lipinski definition) is 6. The van der Waals surface area contributed by atoms with Crippen molar-refractivity contribution in [1.29, 1.82) is 0 Å². The first-order chi connectivity index (χ1) is 10.7. The third-order valence-electron chi connectivity index (χ3n) is 3.06. The van der Waals surface area contributed by atoms with Gasteiger partial charge in [0.05, 0.1) is 18.0 Å². The molecular formula is C16H13N5O. The van der Waals surface area contributed by atoms with Crippen molar-refractivity contribution < 1.29 is 4.74 Å². The van der Waals surface area contributed by atoms with E-state index < -0.39 is 0 Å². The molecule has 0 spiro atoms. The smallest absolute Gasteiger partial charge is 0.222 e. The molecule has 22 heavy (non-hydrogen) atoms. The molecule has 0 bridgehead atoms. The minimum absolute atomic E-state index is 0.117. The Morgan fingerprint density at radius 3 is 2.45 bits per heavy atom. The van der Waals surface area contributed by atoms with Crippen LogP contribution in [0.5, 0.6) is 5.75 Å². The molecule has 108 valence electrons. The molecule has 0 aliphatic heterocycles. The van der Waals surface area contributed by atoms with Gasteiger partial charge in [-0.2, -0.15) is 4.98 Å². The van der Waals surface area contributed by atoms with Crippen LogP contribution in [0.3, 0.4) is 0 Å². The minimum Gasteiger partial charge on any atom is -0.496 e. The van der Waals surface area contributed by atoms with Gasteiger partial charge in [0.15, 0.2) is 0 Å². The number of methoxy groups -OCH3 is 1. The van der Waals surface area contributed by atoms with Crippen molar-refractivity contribution in [2.45, 2.75) is 0 Å². The summed E-state index contributed by atoms with van der Waals surface area (Å²) in [4.78, 5) is 12.1. The summed E-state index contributed by atoms with van der Waals surface area (Å²) in [5.41, 5.74) is 13.8. The first-order valence-corrected chi connectivity index (χ1v) is 6.50. The van der Waals surface area contributed by atoms with Crippen LogP contribution < -0.4 is 16.2 Å². The highest BCUT2D eigenvalue weighted by atomic mass is 16.5. The maximum absolute atomic E-state index is 5.89. The maximum Gasteiger partial charge on any atom is 0.222 e. The summed E-state index contributed by atoms with van der Waals surface area (Å²) >= 11 is 0. The van der Waals surface area contributed by atoms with Gasteiger partial charge in [0, 0.05) is 23.5 Å². The Morgan fingerprint density at radius 1 is 1.00 bits per heavy atom. The lowest BCUT2D eigenvalue weighted by molar-refractivity contribution is 0.419. The van der Waals surface area contributed by atoms with Crippen molar-refractivity contribution in [3.05, 3.63) is 47.8 Å². The molecule has 0 aliphatic rings. The third kappa shape index (κ3) is 2.60. The second-order valence-corrected chi connectivity index (χ2v) is 4.53. The molecule has 2 aromatic heterocycles. The number of fused-ring (bicyclic) bond motifs is 1. The summed E-state index contributed by atoms with van der Waals surface area (Å²) in [6.07, 6.45) is 3.39. The number of nitrogen functional groups attached to an aromatic ring is 2. The van der Waals surface area contributed by atoms with E-state index in [0.717, 1.165) is 11.1 Å². The Morgan fingerprint density at radius 2 is 1.73 bits per heavy atom. The Labute approximate surface area is 127 Å². The fourth-order valence-corrected chi connectivity index (χ4v) is 2.09. The molecule has 4 N–H and O–H groups in total. The predicted molar refractivity (Wildman–Crippen MR) is 85.1 cm³/mol. The lowest BCUT2D eigenvalue weighted by Gasteiger charge is -2.08. The SMILES string of the molecule is COc1cc(C#Cc2ccncc2)cc2nc(N)nc(N)c12. The molecule has 6 nitrogen and oxygen atoms in total. The third-order valence-corrected chi connectivity index (χ3v) is 3.06. The van der Waals surface area contributed by atoms with Crippen molar-refractivity contribution in [2.75, 3.05) is 18.6 Å². The molecule has 3 rings (SSSR count). The molecule has 1 aromatic carbocycles. The molecule has 0 atom stereocenters. The van der Waals surface area contributed by atoms with E-state index in [1.807, 2.05) is 12.1 Å². The second kappa shape index (κ2) is 5.58. The van der Waals surface area contributed by atoms with E-state index in [-0.39, 0.29) is 11.8 Å². The zero-order valence-electron chi connectivity index (χ0n) is 11.9. The van der Waals surface area contributed by atoms with E-state index in [2.05, 4.69) is 26.8 Å². The van der Waals surface area contributed by atoms with Crippen molar-refractivity contribution in [2.24, 2.45) is 0 Å². The lowest BCUT2D eigenvalue weighted by atomic mass is 10.1. The van der Waals surface area contributed by atoms with Gasteiger partial charge in [0.1, 0.15) is 11.6 Å². The van der Waals surface area contributed by atoms with E-state index in [0.29, 0.717) is 16.7 Å². The molecular weight excluding hydrogens is 278 g/mol. The molecule has 0 fully saturated rings. The number of pyridine rings is 1. The van der Waals surface area contributed by atoms with Gasteiger partial charge in [-0.15, -0.1) is 0 Å². The van der Waals surface area contributed by atoms with Crippen LogP contribution in [0.2, 0.25) is 0 Å². The number of ether oxygens (including phenoxy) is 1. The zero-order chi connectivity index (χ0) is 15.5. The van der Waals surface area contributed by atoms with Crippen molar-refractivity contribution >= 4 is 22.7 Å². The molecule has 0 unspecified atom stereocenters. The molecule has 0 amide bonds. The predicted octanol–water partition coefficient (Wildman–Crippen LogP) is 1.60. The summed E-state index contributed by atoms with van der Waals surface area (Å²) in [6, 6.07) is 7.28. The van der Waals surface area contributed by atoms with Crippen LogP contribution in [-0.4, -0.2) is 22.1 Å². The van der Waals surface area contributed by atoms with Gasteiger partial charge >= 0.3 is 0 Å². The monoisotopic (exact) mass is 291 g/mol. The summed E-state index contributed by atoms with van der Waals surface area (Å²) in [6.45, 7) is 0. The number of aromatic nitrogens is 3. The van der Waals surface area contributed by atoms with Crippen LogP contribution in [0.1, 0.15) is 11.1 Å². The van der Waals surface area contributed by atoms with Crippen LogP contribution in [0.25, 0.3) is 10.9 Å². The van der Waals surface area contributed by atoms with Gasteiger partial charge in [-0.1, -0.05) is 11.8 Å². The van der Waals surface area contributed by atoms with Crippen LogP contribution in [0.15, 0.2) is 36.7 Å².